The van der Waals surface area contributed by atoms with Gasteiger partial charge >= 0.3 is 0 Å². The topological polar surface area (TPSA) is 108 Å². The van der Waals surface area contributed by atoms with Crippen LogP contribution in [0.25, 0.3) is 11.0 Å². The van der Waals surface area contributed by atoms with Gasteiger partial charge in [-0.25, -0.2) is 22.5 Å². The minimum absolute atomic E-state index is 0.0804. The van der Waals surface area contributed by atoms with Gasteiger partial charge in [0.15, 0.2) is 34.5 Å². The van der Waals surface area contributed by atoms with Gasteiger partial charge in [0, 0.05) is 50.9 Å². The van der Waals surface area contributed by atoms with E-state index in [1.165, 1.54) is 6.26 Å². The Morgan fingerprint density at radius 3 is 1.97 bits per heavy atom. The molecule has 0 saturated heterocycles. The van der Waals surface area contributed by atoms with Gasteiger partial charge in [0.25, 0.3) is 5.91 Å². The largest absolute Gasteiger partial charge is 0.497 e. The summed E-state index contributed by atoms with van der Waals surface area (Å²) in [6.45, 7) is 0. The Kier molecular flexibility index (Phi) is 13.3. The van der Waals surface area contributed by atoms with Gasteiger partial charge in [-0.2, -0.15) is 0 Å². The van der Waals surface area contributed by atoms with E-state index in [1.807, 2.05) is 30.3 Å². The first-order valence-electron chi connectivity index (χ1n) is 24.6. The zero-order valence-electron chi connectivity index (χ0n) is 39.5. The molecule has 0 spiro atoms. The molecular formula is C54H61F4N5O6. The number of anilines is 2. The van der Waals surface area contributed by atoms with Crippen LogP contribution in [0.1, 0.15) is 113 Å². The Balaban J connectivity index is 1.33. The van der Waals surface area contributed by atoms with Crippen LogP contribution in [0.4, 0.5) is 28.9 Å². The second kappa shape index (κ2) is 19.5. The van der Waals surface area contributed by atoms with Crippen LogP contribution in [0.2, 0.25) is 0 Å². The van der Waals surface area contributed by atoms with Crippen LogP contribution < -0.4 is 15.4 Å². The van der Waals surface area contributed by atoms with E-state index in [2.05, 4.69) is 10.6 Å². The normalized spacial score (nSPS) is 21.3. The van der Waals surface area contributed by atoms with Crippen molar-refractivity contribution in [3.05, 3.63) is 131 Å². The summed E-state index contributed by atoms with van der Waals surface area (Å²) in [7, 11) is 4.72. The molecule has 69 heavy (non-hydrogen) atoms. The second-order valence-electron chi connectivity index (χ2n) is 19.4. The van der Waals surface area contributed by atoms with E-state index in [9.17, 15) is 0 Å². The number of nitrogens with one attached hydrogen (secondary N) is 2. The molecule has 366 valence electrons. The molecule has 1 aromatic heterocycles. The van der Waals surface area contributed by atoms with Crippen LogP contribution >= 0.6 is 0 Å². The number of halogens is 4. The van der Waals surface area contributed by atoms with Gasteiger partial charge in [-0.05, 0) is 73.6 Å². The van der Waals surface area contributed by atoms with E-state index in [4.69, 9.17) is 28.7 Å². The average molecular weight is 952 g/mol. The molecule has 1 amide bonds. The molecule has 2 aliphatic heterocycles. The first kappa shape index (κ1) is 46.9. The maximum atomic E-state index is 17.9. The van der Waals surface area contributed by atoms with Crippen LogP contribution in [-0.2, 0) is 35.7 Å². The minimum atomic E-state index is -2.24. The molecule has 5 aliphatic rings. The number of hydrogen-bond donors (Lipinski definition) is 2. The predicted molar refractivity (Wildman–Crippen MR) is 253 cm³/mol. The number of imidazole rings is 1. The molecule has 4 unspecified atom stereocenters. The Bertz CT molecular complexity index is 2630. The smallest absolute Gasteiger partial charge is 0.265 e. The third kappa shape index (κ3) is 8.26. The lowest BCUT2D eigenvalue weighted by Crippen LogP contribution is -2.76. The van der Waals surface area contributed by atoms with Crippen molar-refractivity contribution in [1.29, 1.82) is 0 Å². The molecule has 0 radical (unpaired) electrons. The van der Waals surface area contributed by atoms with E-state index in [1.54, 1.807) is 55.1 Å². The molecule has 3 fully saturated rings. The highest BCUT2D eigenvalue weighted by atomic mass is 19.2. The number of methoxy groups -OCH3 is 3. The SMILES string of the molecule is COc1ccc(C(C(=O)N(C2=COC(Cc3ccccc3)O2)C2CCCC2)(n2c(C(OC)C3CCCCC3)nc3cc(F)c(F)cc32)C2(C(OC)C3CCCCC3)Nc3cc(F)c(F)cc3N2)cc1. The zero-order valence-corrected chi connectivity index (χ0v) is 39.5. The number of fused-ring (bicyclic) bond motifs is 2. The predicted octanol–water partition coefficient (Wildman–Crippen LogP) is 11.6. The van der Waals surface area contributed by atoms with Crippen molar-refractivity contribution >= 4 is 28.3 Å². The quantitative estimate of drug-likeness (QED) is 0.0992. The fraction of sp³-hybridized carbons (Fsp3) is 0.481. The van der Waals surface area contributed by atoms with Crippen LogP contribution in [0.3, 0.4) is 0 Å². The van der Waals surface area contributed by atoms with E-state index in [0.29, 0.717) is 43.4 Å². The van der Waals surface area contributed by atoms with Crippen LogP contribution in [0.15, 0.2) is 91.0 Å². The van der Waals surface area contributed by atoms with E-state index in [0.717, 1.165) is 94.0 Å². The van der Waals surface area contributed by atoms with Gasteiger partial charge < -0.3 is 38.9 Å². The van der Waals surface area contributed by atoms with Crippen molar-refractivity contribution in [2.45, 2.75) is 132 Å². The number of amides is 1. The molecule has 2 N–H and O–H groups in total. The van der Waals surface area contributed by atoms with E-state index in [-0.39, 0.29) is 46.0 Å². The van der Waals surface area contributed by atoms with Crippen molar-refractivity contribution in [1.82, 2.24) is 14.5 Å². The summed E-state index contributed by atoms with van der Waals surface area (Å²) in [4.78, 5) is 24.7. The molecule has 10 rings (SSSR count). The lowest BCUT2D eigenvalue weighted by atomic mass is 9.67. The van der Waals surface area contributed by atoms with Gasteiger partial charge in [0.1, 0.15) is 30.0 Å². The number of benzene rings is 4. The summed E-state index contributed by atoms with van der Waals surface area (Å²) in [5, 5.41) is 7.33. The van der Waals surface area contributed by atoms with Crippen molar-refractivity contribution < 1.29 is 46.0 Å². The Morgan fingerprint density at radius 1 is 0.768 bits per heavy atom. The molecule has 3 saturated carbocycles. The van der Waals surface area contributed by atoms with Crippen LogP contribution in [0.5, 0.6) is 5.75 Å². The molecule has 11 nitrogen and oxygen atoms in total. The van der Waals surface area contributed by atoms with Crippen molar-refractivity contribution in [3.8, 4) is 5.75 Å². The molecule has 4 atom stereocenters. The van der Waals surface area contributed by atoms with E-state index >= 15 is 22.4 Å². The number of rotatable bonds is 15. The molecule has 3 heterocycles. The van der Waals surface area contributed by atoms with Gasteiger partial charge in [-0.3, -0.25) is 9.69 Å². The summed E-state index contributed by atoms with van der Waals surface area (Å²) < 4.78 is 97.5. The van der Waals surface area contributed by atoms with Crippen LogP contribution in [-0.4, -0.2) is 65.8 Å². The number of nitrogens with zero attached hydrogens (tertiary/aromatic N) is 3. The molecule has 5 aromatic rings. The highest BCUT2D eigenvalue weighted by molar-refractivity contribution is 5.97. The monoisotopic (exact) mass is 951 g/mol. The van der Waals surface area contributed by atoms with Gasteiger partial charge in [-0.15, -0.1) is 0 Å². The number of carbonyl (C=O) groups excluding carboxylic acids is 1. The standard InChI is InChI=1S/C54H61F4N5O6/c1-65-38-25-23-36(24-26-38)53(52(64)62(37-21-13-14-22-37)47-32-68-48(69-47)27-33-15-7-4-8-16-33,54(50(67-3)35-19-11-6-12-20-35)60-43-28-39(55)40(56)29-44(43)61-54)63-46-31-42(58)41(57)30-45(46)59-51(63)49(66-2)34-17-9-5-10-18-34/h4,7-8,15-16,23-26,28-32,34-35,37,48-50,60-61H,5-6,9-14,17-22,27H2,1-3H3. The third-order valence-corrected chi connectivity index (χ3v) is 15.5. The lowest BCUT2D eigenvalue weighted by molar-refractivity contribution is -0.151. The highest BCUT2D eigenvalue weighted by Crippen LogP contribution is 2.56. The fourth-order valence-corrected chi connectivity index (χ4v) is 12.3. The molecule has 3 aliphatic carbocycles. The summed E-state index contributed by atoms with van der Waals surface area (Å²) in [5.74, 6) is -4.49. The summed E-state index contributed by atoms with van der Waals surface area (Å²) >= 11 is 0. The second-order valence-corrected chi connectivity index (χ2v) is 19.4. The van der Waals surface area contributed by atoms with Gasteiger partial charge in [0.05, 0.1) is 29.5 Å². The summed E-state index contributed by atoms with van der Waals surface area (Å²) in [6, 6.07) is 20.7. The van der Waals surface area contributed by atoms with Crippen molar-refractivity contribution in [2.24, 2.45) is 11.8 Å². The average Bonchev–Trinajstić information content (AvgIpc) is 4.20. The number of ether oxygens (including phenoxy) is 5. The highest BCUT2D eigenvalue weighted by Gasteiger charge is 2.70. The maximum absolute atomic E-state index is 17.9. The third-order valence-electron chi connectivity index (χ3n) is 15.5. The summed E-state index contributed by atoms with van der Waals surface area (Å²) in [5.41, 5.74) is -2.34. The Morgan fingerprint density at radius 2 is 1.36 bits per heavy atom. The molecule has 4 aromatic carbocycles. The summed E-state index contributed by atoms with van der Waals surface area (Å²) in [6.07, 6.45) is 10.7. The molecule has 0 bridgehead atoms. The number of carbonyl (C=O) groups is 1. The van der Waals surface area contributed by atoms with Gasteiger partial charge in [-0.1, -0.05) is 93.8 Å². The molecular weight excluding hydrogens is 891 g/mol. The first-order valence-corrected chi connectivity index (χ1v) is 24.6. The van der Waals surface area contributed by atoms with Crippen molar-refractivity contribution in [2.75, 3.05) is 32.0 Å². The maximum Gasteiger partial charge on any atom is 0.265 e. The Labute approximate surface area is 400 Å². The first-order chi connectivity index (χ1) is 33.6. The fourth-order valence-electron chi connectivity index (χ4n) is 12.3. The van der Waals surface area contributed by atoms with Crippen molar-refractivity contribution in [3.63, 3.8) is 0 Å². The zero-order chi connectivity index (χ0) is 47.9. The number of hydrogen-bond acceptors (Lipinski definition) is 9. The van der Waals surface area contributed by atoms with Crippen LogP contribution in [0, 0.1) is 35.1 Å². The lowest BCUT2D eigenvalue weighted by Gasteiger charge is -2.55. The minimum Gasteiger partial charge on any atom is -0.497 e. The van der Waals surface area contributed by atoms with Gasteiger partial charge in [0.2, 0.25) is 12.2 Å². The Hall–Kier alpha value is -5.80. The molecule has 15 heteroatoms. The number of aromatic nitrogens is 2. The van der Waals surface area contributed by atoms with E-state index < -0.39 is 64.9 Å².